The molecule has 112 valence electrons. The number of benzene rings is 1. The highest BCUT2D eigenvalue weighted by molar-refractivity contribution is 8.00. The van der Waals surface area contributed by atoms with Gasteiger partial charge in [-0.15, -0.1) is 0 Å². The fourth-order valence-electron chi connectivity index (χ4n) is 2.19. The molecule has 1 rings (SSSR count). The van der Waals surface area contributed by atoms with E-state index in [-0.39, 0.29) is 10.7 Å². The van der Waals surface area contributed by atoms with Crippen molar-refractivity contribution in [3.05, 3.63) is 29.8 Å². The van der Waals surface area contributed by atoms with Gasteiger partial charge >= 0.3 is 0 Å². The van der Waals surface area contributed by atoms with E-state index in [9.17, 15) is 4.79 Å². The molecule has 1 aromatic rings. The molecule has 0 heterocycles. The lowest BCUT2D eigenvalue weighted by molar-refractivity contribution is -0.115. The van der Waals surface area contributed by atoms with Crippen molar-refractivity contribution in [2.75, 3.05) is 24.7 Å². The number of carbonyl (C=O) groups is 1. The number of nitrogens with one attached hydrogen (secondary N) is 2. The summed E-state index contributed by atoms with van der Waals surface area (Å²) in [5.74, 6) is 0.0119. The Labute approximate surface area is 126 Å². The summed E-state index contributed by atoms with van der Waals surface area (Å²) in [6, 6.07) is 7.85. The van der Waals surface area contributed by atoms with Crippen molar-refractivity contribution in [2.45, 2.75) is 38.4 Å². The summed E-state index contributed by atoms with van der Waals surface area (Å²) < 4.78 is 0.240. The van der Waals surface area contributed by atoms with Crippen molar-refractivity contribution in [3.8, 4) is 0 Å². The molecule has 20 heavy (non-hydrogen) atoms. The summed E-state index contributed by atoms with van der Waals surface area (Å²) in [5.41, 5.74) is 2.01. The van der Waals surface area contributed by atoms with Crippen LogP contribution in [0.2, 0.25) is 0 Å². The predicted octanol–water partition coefficient (Wildman–Crippen LogP) is 3.44. The summed E-state index contributed by atoms with van der Waals surface area (Å²) in [6.45, 7) is 7.64. The lowest BCUT2D eigenvalue weighted by atomic mass is 10.0. The Bertz CT molecular complexity index is 422. The zero-order valence-electron chi connectivity index (χ0n) is 13.0. The third-order valence-corrected chi connectivity index (χ3v) is 5.34. The highest BCUT2D eigenvalue weighted by Gasteiger charge is 2.24. The molecule has 1 aromatic carbocycles. The quantitative estimate of drug-likeness (QED) is 0.771. The van der Waals surface area contributed by atoms with Gasteiger partial charge in [-0.25, -0.2) is 0 Å². The van der Waals surface area contributed by atoms with Gasteiger partial charge in [-0.3, -0.25) is 4.79 Å². The highest BCUT2D eigenvalue weighted by Crippen LogP contribution is 2.29. The molecule has 0 saturated carbocycles. The molecule has 2 N–H and O–H groups in total. The van der Waals surface area contributed by atoms with Crippen LogP contribution in [0.5, 0.6) is 0 Å². The Balaban J connectivity index is 2.40. The molecule has 0 aromatic heterocycles. The van der Waals surface area contributed by atoms with E-state index >= 15 is 0 Å². The van der Waals surface area contributed by atoms with Crippen LogP contribution in [-0.2, 0) is 4.79 Å². The topological polar surface area (TPSA) is 41.1 Å². The van der Waals surface area contributed by atoms with Gasteiger partial charge in [0.2, 0.25) is 5.91 Å². The summed E-state index contributed by atoms with van der Waals surface area (Å²) in [4.78, 5) is 11.9. The predicted molar refractivity (Wildman–Crippen MR) is 89.5 cm³/mol. The number of carbonyl (C=O) groups excluding carboxylic acids is 1. The van der Waals surface area contributed by atoms with Crippen molar-refractivity contribution in [3.63, 3.8) is 0 Å². The maximum atomic E-state index is 11.9. The number of amides is 1. The number of anilines is 1. The Morgan fingerprint density at radius 2 is 2.00 bits per heavy atom. The molecular formula is C16H26N2OS. The average Bonchev–Trinajstić information content (AvgIpc) is 2.44. The van der Waals surface area contributed by atoms with Gasteiger partial charge in [0.05, 0.1) is 6.54 Å². The molecule has 0 aliphatic heterocycles. The number of rotatable bonds is 8. The van der Waals surface area contributed by atoms with E-state index < -0.39 is 0 Å². The highest BCUT2D eigenvalue weighted by atomic mass is 32.2. The standard InChI is InChI=1S/C16H26N2OS/c1-5-16(6-2,20-4)12-17-11-15(19)18-14-9-7-8-13(3)10-14/h7-10,17H,5-6,11-12H2,1-4H3,(H,18,19). The number of aryl methyl sites for hydroxylation is 1. The zero-order chi connectivity index (χ0) is 15.0. The first-order valence-electron chi connectivity index (χ1n) is 7.17. The first-order valence-corrected chi connectivity index (χ1v) is 8.40. The number of hydrogen-bond acceptors (Lipinski definition) is 3. The molecule has 0 radical (unpaired) electrons. The minimum Gasteiger partial charge on any atom is -0.325 e. The molecule has 0 aliphatic carbocycles. The van der Waals surface area contributed by atoms with Gasteiger partial charge in [-0.2, -0.15) is 11.8 Å². The summed E-state index contributed by atoms with van der Waals surface area (Å²) in [7, 11) is 0. The largest absolute Gasteiger partial charge is 0.325 e. The third kappa shape index (κ3) is 5.17. The molecule has 4 heteroatoms. The van der Waals surface area contributed by atoms with Gasteiger partial charge in [0.15, 0.2) is 0 Å². The van der Waals surface area contributed by atoms with Crippen molar-refractivity contribution < 1.29 is 4.79 Å². The monoisotopic (exact) mass is 294 g/mol. The molecule has 1 amide bonds. The van der Waals surface area contributed by atoms with Crippen molar-refractivity contribution >= 4 is 23.4 Å². The van der Waals surface area contributed by atoms with Crippen LogP contribution in [0.25, 0.3) is 0 Å². The van der Waals surface area contributed by atoms with Crippen molar-refractivity contribution in [1.82, 2.24) is 5.32 Å². The van der Waals surface area contributed by atoms with Gasteiger partial charge in [-0.05, 0) is 43.7 Å². The molecular weight excluding hydrogens is 268 g/mol. The van der Waals surface area contributed by atoms with Crippen LogP contribution in [0.15, 0.2) is 24.3 Å². The molecule has 0 saturated heterocycles. The van der Waals surface area contributed by atoms with E-state index in [1.165, 1.54) is 0 Å². The Morgan fingerprint density at radius 1 is 1.30 bits per heavy atom. The molecule has 0 unspecified atom stereocenters. The molecule has 0 atom stereocenters. The van der Waals surface area contributed by atoms with Crippen LogP contribution in [0.3, 0.4) is 0 Å². The summed E-state index contributed by atoms with van der Waals surface area (Å²) in [6.07, 6.45) is 4.36. The first-order chi connectivity index (χ1) is 9.55. The molecule has 0 spiro atoms. The molecule has 0 aliphatic rings. The smallest absolute Gasteiger partial charge is 0.238 e. The van der Waals surface area contributed by atoms with E-state index in [0.29, 0.717) is 6.54 Å². The van der Waals surface area contributed by atoms with Gasteiger partial charge < -0.3 is 10.6 Å². The normalized spacial score (nSPS) is 11.4. The van der Waals surface area contributed by atoms with Crippen molar-refractivity contribution in [1.29, 1.82) is 0 Å². The van der Waals surface area contributed by atoms with Crippen LogP contribution in [-0.4, -0.2) is 30.0 Å². The summed E-state index contributed by atoms with van der Waals surface area (Å²) in [5, 5.41) is 6.20. The van der Waals surface area contributed by atoms with Gasteiger partial charge in [0, 0.05) is 17.0 Å². The fraction of sp³-hybridized carbons (Fsp3) is 0.562. The zero-order valence-corrected chi connectivity index (χ0v) is 13.8. The second kappa shape index (κ2) is 8.32. The SMILES string of the molecule is CCC(CC)(CNCC(=O)Nc1cccc(C)c1)SC. The van der Waals surface area contributed by atoms with Crippen LogP contribution < -0.4 is 10.6 Å². The lowest BCUT2D eigenvalue weighted by Crippen LogP contribution is -2.40. The maximum Gasteiger partial charge on any atom is 0.238 e. The fourth-order valence-corrected chi connectivity index (χ4v) is 3.02. The van der Waals surface area contributed by atoms with E-state index in [0.717, 1.165) is 30.6 Å². The Hall–Kier alpha value is -1.00. The third-order valence-electron chi connectivity index (χ3n) is 3.76. The van der Waals surface area contributed by atoms with Gasteiger partial charge in [-0.1, -0.05) is 26.0 Å². The molecule has 0 bridgehead atoms. The van der Waals surface area contributed by atoms with E-state index in [2.05, 4.69) is 30.7 Å². The summed E-state index contributed by atoms with van der Waals surface area (Å²) >= 11 is 1.88. The van der Waals surface area contributed by atoms with Crippen LogP contribution in [0.4, 0.5) is 5.69 Å². The van der Waals surface area contributed by atoms with E-state index in [4.69, 9.17) is 0 Å². The van der Waals surface area contributed by atoms with Crippen LogP contribution in [0.1, 0.15) is 32.3 Å². The van der Waals surface area contributed by atoms with Crippen LogP contribution >= 0.6 is 11.8 Å². The Kier molecular flexibility index (Phi) is 7.10. The maximum absolute atomic E-state index is 11.9. The van der Waals surface area contributed by atoms with Crippen LogP contribution in [0, 0.1) is 6.92 Å². The average molecular weight is 294 g/mol. The van der Waals surface area contributed by atoms with Gasteiger partial charge in [0.1, 0.15) is 0 Å². The second-order valence-corrected chi connectivity index (χ2v) is 6.39. The van der Waals surface area contributed by atoms with E-state index in [1.54, 1.807) is 0 Å². The number of hydrogen-bond donors (Lipinski definition) is 2. The molecule has 3 nitrogen and oxygen atoms in total. The lowest BCUT2D eigenvalue weighted by Gasteiger charge is -2.29. The second-order valence-electron chi connectivity index (χ2n) is 5.12. The minimum absolute atomic E-state index is 0.0119. The first kappa shape index (κ1) is 17.1. The van der Waals surface area contributed by atoms with Gasteiger partial charge in [0.25, 0.3) is 0 Å². The van der Waals surface area contributed by atoms with E-state index in [1.807, 2.05) is 43.0 Å². The Morgan fingerprint density at radius 3 is 2.55 bits per heavy atom. The minimum atomic E-state index is 0.0119. The number of thioether (sulfide) groups is 1. The van der Waals surface area contributed by atoms with Crippen molar-refractivity contribution in [2.24, 2.45) is 0 Å². The molecule has 0 fully saturated rings.